The molecule has 166 valence electrons. The molecule has 0 spiro atoms. The number of fused-ring (bicyclic) bond motifs is 1. The van der Waals surface area contributed by atoms with E-state index in [1.807, 2.05) is 55.0 Å². The fraction of sp³-hybridized carbons (Fsp3) is 0.478. The van der Waals surface area contributed by atoms with Crippen LogP contribution in [-0.4, -0.2) is 48.4 Å². The Balaban J connectivity index is 1.43. The Labute approximate surface area is 188 Å². The number of likely N-dealkylation sites (tertiary alicyclic amines) is 1. The van der Waals surface area contributed by atoms with Crippen LogP contribution in [0.15, 0.2) is 36.5 Å². The highest BCUT2D eigenvalue weighted by molar-refractivity contribution is 6.29. The van der Waals surface area contributed by atoms with Gasteiger partial charge < -0.3 is 24.6 Å². The minimum Gasteiger partial charge on any atom is -0.497 e. The number of pyridine rings is 1. The van der Waals surface area contributed by atoms with Gasteiger partial charge in [-0.3, -0.25) is 4.79 Å². The molecule has 1 aromatic carbocycles. The van der Waals surface area contributed by atoms with Crippen molar-refractivity contribution in [1.82, 2.24) is 9.88 Å². The second kappa shape index (κ2) is 8.20. The molecular weight excluding hydrogens is 416 g/mol. The highest BCUT2D eigenvalue weighted by Crippen LogP contribution is 2.41. The quantitative estimate of drug-likeness (QED) is 0.670. The van der Waals surface area contributed by atoms with Gasteiger partial charge in [0.05, 0.1) is 36.8 Å². The average Bonchev–Trinajstić information content (AvgIpc) is 3.25. The van der Waals surface area contributed by atoms with Gasteiger partial charge in [0, 0.05) is 38.9 Å². The van der Waals surface area contributed by atoms with Gasteiger partial charge in [0.1, 0.15) is 10.9 Å². The van der Waals surface area contributed by atoms with Crippen LogP contribution in [0, 0.1) is 5.92 Å². The maximum atomic E-state index is 12.8. The molecule has 4 rings (SSSR count). The predicted molar refractivity (Wildman–Crippen MR) is 121 cm³/mol. The second-order valence-electron chi connectivity index (χ2n) is 8.47. The number of carbonyl (C=O) groups excluding carboxylic acids is 1. The molecule has 1 fully saturated rings. The molecule has 1 amide bonds. The van der Waals surface area contributed by atoms with Gasteiger partial charge in [0.2, 0.25) is 11.8 Å². The number of nitrogens with one attached hydrogen (secondary N) is 1. The molecule has 0 aliphatic carbocycles. The number of benzene rings is 1. The van der Waals surface area contributed by atoms with Crippen LogP contribution in [0.4, 0.5) is 11.4 Å². The lowest BCUT2D eigenvalue weighted by atomic mass is 10.0. The number of anilines is 2. The molecule has 4 atom stereocenters. The standard InChI is InChI=1S/C23H29ClN4O3/c1-14(16-6-8-18(30-5)9-7-16)28-13-17(10-22(28)29)15(2)31-23(3)26-19-11-21(24)25-12-20(19)27(23)4/h6-9,11-12,14-15,17,26H,10,13H2,1-5H3/t14-,15-,17-,23?/m1/s1. The number of hydrogen-bond acceptors (Lipinski definition) is 6. The predicted octanol–water partition coefficient (Wildman–Crippen LogP) is 4.29. The van der Waals surface area contributed by atoms with E-state index in [9.17, 15) is 4.79 Å². The fourth-order valence-electron chi connectivity index (χ4n) is 4.43. The van der Waals surface area contributed by atoms with Crippen molar-refractivity contribution in [1.29, 1.82) is 0 Å². The molecule has 7 nitrogen and oxygen atoms in total. The Morgan fingerprint density at radius 3 is 2.68 bits per heavy atom. The first-order valence-corrected chi connectivity index (χ1v) is 10.9. The first-order chi connectivity index (χ1) is 14.7. The van der Waals surface area contributed by atoms with Crippen molar-refractivity contribution in [3.8, 4) is 5.75 Å². The lowest BCUT2D eigenvalue weighted by molar-refractivity contribution is -0.129. The van der Waals surface area contributed by atoms with Crippen molar-refractivity contribution in [2.45, 2.75) is 45.2 Å². The van der Waals surface area contributed by atoms with E-state index in [1.54, 1.807) is 19.4 Å². The van der Waals surface area contributed by atoms with E-state index in [4.69, 9.17) is 21.1 Å². The van der Waals surface area contributed by atoms with Crippen LogP contribution >= 0.6 is 11.6 Å². The van der Waals surface area contributed by atoms with Crippen molar-refractivity contribution >= 4 is 28.9 Å². The molecule has 2 aliphatic heterocycles. The number of aromatic nitrogens is 1. The van der Waals surface area contributed by atoms with E-state index in [2.05, 4.69) is 17.2 Å². The molecule has 1 aromatic heterocycles. The van der Waals surface area contributed by atoms with Gasteiger partial charge >= 0.3 is 0 Å². The summed E-state index contributed by atoms with van der Waals surface area (Å²) in [6, 6.07) is 9.67. The summed E-state index contributed by atoms with van der Waals surface area (Å²) in [7, 11) is 3.61. The summed E-state index contributed by atoms with van der Waals surface area (Å²) in [5.41, 5.74) is 2.90. The summed E-state index contributed by atoms with van der Waals surface area (Å²) in [6.45, 7) is 6.74. The topological polar surface area (TPSA) is 66.9 Å². The summed E-state index contributed by atoms with van der Waals surface area (Å²) in [6.07, 6.45) is 2.08. The molecule has 0 saturated carbocycles. The lowest BCUT2D eigenvalue weighted by Gasteiger charge is -2.37. The minimum absolute atomic E-state index is 0.00376. The highest BCUT2D eigenvalue weighted by Gasteiger charge is 2.43. The Bertz CT molecular complexity index is 970. The Hall–Kier alpha value is -2.51. The van der Waals surface area contributed by atoms with E-state index in [-0.39, 0.29) is 24.0 Å². The molecule has 2 aliphatic rings. The third-order valence-electron chi connectivity index (χ3n) is 6.55. The van der Waals surface area contributed by atoms with E-state index >= 15 is 0 Å². The largest absolute Gasteiger partial charge is 0.497 e. The Kier molecular flexibility index (Phi) is 5.75. The number of methoxy groups -OCH3 is 1. The van der Waals surface area contributed by atoms with Crippen LogP contribution in [0.2, 0.25) is 5.15 Å². The second-order valence-corrected chi connectivity index (χ2v) is 8.86. The molecule has 1 N–H and O–H groups in total. The SMILES string of the molecule is COc1ccc([C@@H](C)N2C[C@H]([C@@H](C)OC3(C)Nc4cc(Cl)ncc4N3C)CC2=O)cc1. The number of ether oxygens (including phenoxy) is 2. The number of rotatable bonds is 6. The highest BCUT2D eigenvalue weighted by atomic mass is 35.5. The molecule has 31 heavy (non-hydrogen) atoms. The van der Waals surface area contributed by atoms with Gasteiger partial charge in [-0.25, -0.2) is 4.98 Å². The Morgan fingerprint density at radius 2 is 2.00 bits per heavy atom. The maximum absolute atomic E-state index is 12.8. The summed E-state index contributed by atoms with van der Waals surface area (Å²) in [5.74, 6) is 0.320. The fourth-order valence-corrected chi connectivity index (χ4v) is 4.59. The number of amides is 1. The smallest absolute Gasteiger partial charge is 0.223 e. The van der Waals surface area contributed by atoms with Crippen molar-refractivity contribution in [3.63, 3.8) is 0 Å². The molecule has 1 unspecified atom stereocenters. The molecule has 8 heteroatoms. The van der Waals surface area contributed by atoms with Crippen LogP contribution in [0.3, 0.4) is 0 Å². The summed E-state index contributed by atoms with van der Waals surface area (Å²) in [4.78, 5) is 20.9. The molecule has 2 aromatic rings. The van der Waals surface area contributed by atoms with Crippen molar-refractivity contribution < 1.29 is 14.3 Å². The van der Waals surface area contributed by atoms with Crippen LogP contribution in [-0.2, 0) is 9.53 Å². The Morgan fingerprint density at radius 1 is 1.29 bits per heavy atom. The molecule has 3 heterocycles. The van der Waals surface area contributed by atoms with Crippen LogP contribution in [0.1, 0.15) is 38.8 Å². The monoisotopic (exact) mass is 444 g/mol. The van der Waals surface area contributed by atoms with Gasteiger partial charge in [-0.2, -0.15) is 0 Å². The first kappa shape index (κ1) is 21.7. The molecule has 1 saturated heterocycles. The van der Waals surface area contributed by atoms with Gasteiger partial charge in [0.25, 0.3) is 0 Å². The summed E-state index contributed by atoms with van der Waals surface area (Å²) < 4.78 is 11.7. The summed E-state index contributed by atoms with van der Waals surface area (Å²) in [5, 5.41) is 3.84. The lowest BCUT2D eigenvalue weighted by Crippen LogP contribution is -2.51. The number of nitrogens with zero attached hydrogens (tertiary/aromatic N) is 3. The van der Waals surface area contributed by atoms with Crippen LogP contribution < -0.4 is 15.0 Å². The van der Waals surface area contributed by atoms with Crippen molar-refractivity contribution in [3.05, 3.63) is 47.2 Å². The van der Waals surface area contributed by atoms with Gasteiger partial charge in [0.15, 0.2) is 0 Å². The van der Waals surface area contributed by atoms with E-state index in [0.29, 0.717) is 18.1 Å². The first-order valence-electron chi connectivity index (χ1n) is 10.5. The van der Waals surface area contributed by atoms with Crippen molar-refractivity contribution in [2.24, 2.45) is 5.92 Å². The third kappa shape index (κ3) is 4.04. The van der Waals surface area contributed by atoms with E-state index in [0.717, 1.165) is 22.7 Å². The molecule has 0 bridgehead atoms. The normalized spacial score (nSPS) is 24.7. The minimum atomic E-state index is -0.744. The number of halogens is 1. The van der Waals surface area contributed by atoms with E-state index < -0.39 is 5.85 Å². The zero-order valence-corrected chi connectivity index (χ0v) is 19.3. The zero-order chi connectivity index (χ0) is 22.3. The van der Waals surface area contributed by atoms with Crippen molar-refractivity contribution in [2.75, 3.05) is 30.9 Å². The molecule has 0 radical (unpaired) electrons. The third-order valence-corrected chi connectivity index (χ3v) is 6.76. The van der Waals surface area contributed by atoms with Gasteiger partial charge in [-0.1, -0.05) is 23.7 Å². The van der Waals surface area contributed by atoms with Gasteiger partial charge in [-0.05, 0) is 31.5 Å². The van der Waals surface area contributed by atoms with Crippen LogP contribution in [0.25, 0.3) is 0 Å². The number of hydrogen-bond donors (Lipinski definition) is 1. The average molecular weight is 445 g/mol. The summed E-state index contributed by atoms with van der Waals surface area (Å²) >= 11 is 6.04. The van der Waals surface area contributed by atoms with Crippen LogP contribution in [0.5, 0.6) is 5.75 Å². The maximum Gasteiger partial charge on any atom is 0.223 e. The zero-order valence-electron chi connectivity index (χ0n) is 18.6. The molecular formula is C23H29ClN4O3. The number of carbonyl (C=O) groups is 1. The van der Waals surface area contributed by atoms with E-state index in [1.165, 1.54) is 0 Å². The van der Waals surface area contributed by atoms with Gasteiger partial charge in [-0.15, -0.1) is 0 Å².